The van der Waals surface area contributed by atoms with Crippen molar-refractivity contribution in [3.05, 3.63) is 23.8 Å². The number of hydrogen-bond acceptors (Lipinski definition) is 5. The van der Waals surface area contributed by atoms with E-state index in [1.807, 2.05) is 0 Å². The van der Waals surface area contributed by atoms with Gasteiger partial charge in [-0.3, -0.25) is 0 Å². The Morgan fingerprint density at radius 3 is 2.06 bits per heavy atom. The molecule has 9 atom stereocenters. The molecule has 5 heteroatoms. The van der Waals surface area contributed by atoms with E-state index in [1.165, 1.54) is 193 Å². The molecule has 0 bridgehead atoms. The van der Waals surface area contributed by atoms with Crippen molar-refractivity contribution in [1.82, 2.24) is 4.90 Å². The zero-order valence-electron chi connectivity index (χ0n) is 44.2. The van der Waals surface area contributed by atoms with Crippen LogP contribution in [0.5, 0.6) is 0 Å². The number of fused-ring (bicyclic) bond motifs is 5. The monoisotopic (exact) mass is 908 g/mol. The van der Waals surface area contributed by atoms with Crippen molar-refractivity contribution in [3.63, 3.8) is 0 Å². The largest absolute Gasteiger partial charge is 0.381 e. The Hall–Kier alpha value is -0.720. The Labute approximate surface area is 404 Å². The molecule has 5 aliphatic rings. The Kier molecular flexibility index (Phi) is 26.8. The van der Waals surface area contributed by atoms with Crippen LogP contribution in [0.15, 0.2) is 23.8 Å². The molecule has 0 aromatic carbocycles. The van der Waals surface area contributed by atoms with Crippen molar-refractivity contribution in [2.75, 3.05) is 59.3 Å². The van der Waals surface area contributed by atoms with Crippen molar-refractivity contribution in [2.45, 2.75) is 253 Å². The summed E-state index contributed by atoms with van der Waals surface area (Å²) in [6.07, 6.45) is 49.4. The maximum atomic E-state index is 6.57. The highest BCUT2D eigenvalue weighted by Gasteiger charge is 2.59. The van der Waals surface area contributed by atoms with Gasteiger partial charge in [-0.25, -0.2) is 0 Å². The quantitative estimate of drug-likeness (QED) is 0.0468. The van der Waals surface area contributed by atoms with Crippen molar-refractivity contribution in [3.8, 4) is 0 Å². The molecule has 4 fully saturated rings. The normalized spacial score (nSPS) is 29.4. The van der Waals surface area contributed by atoms with Crippen LogP contribution in [0.3, 0.4) is 0 Å². The fourth-order valence-corrected chi connectivity index (χ4v) is 14.1. The van der Waals surface area contributed by atoms with Gasteiger partial charge in [0.1, 0.15) is 0 Å². The van der Waals surface area contributed by atoms with E-state index in [4.69, 9.17) is 18.9 Å². The van der Waals surface area contributed by atoms with Crippen molar-refractivity contribution < 1.29 is 18.9 Å². The standard InChI is InChI=1S/C60H109NO4/c1-7-8-9-10-11-12-13-14-15-16-17-18-19-20-23-26-42-63-49-54(48-61-40-24-21-22-25-41-61)65-46-29-44-62-43-28-45-64-53-36-38-59(5)52(47-53)32-33-55-57-35-34-56(51(4)31-27-30-50(2)3)60(57,6)39-37-58(55)59/h14-15,32,50-51,53-58H,7-13,16-31,33-49H2,1-6H3/b15-14-/t51-,53+,54?,55+,56-,57+,58+,59+,60-/m1/s1. The topological polar surface area (TPSA) is 40.2 Å². The minimum atomic E-state index is 0.157. The van der Waals surface area contributed by atoms with Gasteiger partial charge in [-0.15, -0.1) is 0 Å². The SMILES string of the molecule is CCCCCCCC/C=C\CCCCCCCCOCC(CN1CCCCCC1)OCCCOCCCO[C@H]1CC[C@@]2(C)C(=CC[C@H]3[C@@H]4CC[C@H]([C@H](C)CCCC(C)C)[C@@]4(C)CC[C@@H]32)C1. The first kappa shape index (κ1) is 55.2. The Bertz CT molecular complexity index is 1270. The fourth-order valence-electron chi connectivity index (χ4n) is 14.1. The molecule has 0 spiro atoms. The van der Waals surface area contributed by atoms with E-state index in [0.717, 1.165) is 101 Å². The number of likely N-dealkylation sites (tertiary alicyclic amines) is 1. The number of hydrogen-bond donors (Lipinski definition) is 0. The molecule has 0 N–H and O–H groups in total. The highest BCUT2D eigenvalue weighted by molar-refractivity contribution is 5.25. The predicted octanol–water partition coefficient (Wildman–Crippen LogP) is 16.5. The lowest BCUT2D eigenvalue weighted by Gasteiger charge is -2.58. The van der Waals surface area contributed by atoms with Gasteiger partial charge < -0.3 is 23.8 Å². The van der Waals surface area contributed by atoms with Crippen molar-refractivity contribution in [1.29, 1.82) is 0 Å². The van der Waals surface area contributed by atoms with Crippen LogP contribution in [0.1, 0.15) is 241 Å². The third-order valence-corrected chi connectivity index (χ3v) is 18.1. The smallest absolute Gasteiger partial charge is 0.0934 e. The van der Waals surface area contributed by atoms with Gasteiger partial charge in [0.25, 0.3) is 0 Å². The number of unbranched alkanes of at least 4 members (excludes halogenated alkanes) is 12. The number of rotatable bonds is 35. The first-order chi connectivity index (χ1) is 31.7. The van der Waals surface area contributed by atoms with Gasteiger partial charge in [0, 0.05) is 39.6 Å². The van der Waals surface area contributed by atoms with Gasteiger partial charge in [0.05, 0.1) is 18.8 Å². The zero-order chi connectivity index (χ0) is 46.0. The minimum absolute atomic E-state index is 0.157. The molecular formula is C60H109NO4. The predicted molar refractivity (Wildman–Crippen MR) is 278 cm³/mol. The summed E-state index contributed by atoms with van der Waals surface area (Å²) in [5.74, 6) is 5.41. The fraction of sp³-hybridized carbons (Fsp3) is 0.933. The molecule has 378 valence electrons. The second-order valence-electron chi connectivity index (χ2n) is 23.6. The third-order valence-electron chi connectivity index (χ3n) is 18.1. The molecule has 3 saturated carbocycles. The van der Waals surface area contributed by atoms with E-state index in [0.29, 0.717) is 16.9 Å². The van der Waals surface area contributed by atoms with Crippen molar-refractivity contribution in [2.24, 2.45) is 46.3 Å². The third kappa shape index (κ3) is 18.8. The van der Waals surface area contributed by atoms with E-state index in [9.17, 15) is 0 Å². The van der Waals surface area contributed by atoms with Gasteiger partial charge in [-0.2, -0.15) is 0 Å². The summed E-state index contributed by atoms with van der Waals surface area (Å²) in [6, 6.07) is 0. The molecule has 0 radical (unpaired) electrons. The molecular weight excluding hydrogens is 799 g/mol. The van der Waals surface area contributed by atoms with Crippen LogP contribution in [0, 0.1) is 46.3 Å². The molecule has 0 aromatic rings. The maximum absolute atomic E-state index is 6.57. The van der Waals surface area contributed by atoms with Crippen LogP contribution < -0.4 is 0 Å². The summed E-state index contributed by atoms with van der Waals surface area (Å²) >= 11 is 0. The van der Waals surface area contributed by atoms with Gasteiger partial charge in [0.2, 0.25) is 0 Å². The van der Waals surface area contributed by atoms with Gasteiger partial charge in [0.15, 0.2) is 0 Å². The Morgan fingerprint density at radius 1 is 0.662 bits per heavy atom. The molecule has 0 aromatic heterocycles. The van der Waals surface area contributed by atoms with Crippen LogP contribution in [0.25, 0.3) is 0 Å². The van der Waals surface area contributed by atoms with Crippen LogP contribution >= 0.6 is 0 Å². The first-order valence-electron chi connectivity index (χ1n) is 29.2. The highest BCUT2D eigenvalue weighted by atomic mass is 16.5. The van der Waals surface area contributed by atoms with Crippen molar-refractivity contribution >= 4 is 0 Å². The summed E-state index contributed by atoms with van der Waals surface area (Å²) < 4.78 is 25.4. The second-order valence-corrected chi connectivity index (χ2v) is 23.6. The highest BCUT2D eigenvalue weighted by Crippen LogP contribution is 2.67. The van der Waals surface area contributed by atoms with E-state index in [-0.39, 0.29) is 6.10 Å². The Morgan fingerprint density at radius 2 is 1.34 bits per heavy atom. The second kappa shape index (κ2) is 31.5. The Balaban J connectivity index is 0.890. The lowest BCUT2D eigenvalue weighted by molar-refractivity contribution is -0.0651. The van der Waals surface area contributed by atoms with E-state index >= 15 is 0 Å². The minimum Gasteiger partial charge on any atom is -0.381 e. The molecule has 5 nitrogen and oxygen atoms in total. The lowest BCUT2D eigenvalue weighted by atomic mass is 9.47. The van der Waals surface area contributed by atoms with Crippen LogP contribution in [-0.4, -0.2) is 76.4 Å². The molecule has 1 heterocycles. The summed E-state index contributed by atoms with van der Waals surface area (Å²) in [7, 11) is 0. The number of nitrogens with zero attached hydrogens (tertiary/aromatic N) is 1. The van der Waals surface area contributed by atoms with Gasteiger partial charge in [-0.1, -0.05) is 155 Å². The van der Waals surface area contributed by atoms with Crippen LogP contribution in [-0.2, 0) is 18.9 Å². The van der Waals surface area contributed by atoms with Gasteiger partial charge >= 0.3 is 0 Å². The maximum Gasteiger partial charge on any atom is 0.0934 e. The number of ether oxygens (including phenoxy) is 4. The molecule has 1 aliphatic heterocycles. The average molecular weight is 909 g/mol. The zero-order valence-corrected chi connectivity index (χ0v) is 44.2. The summed E-state index contributed by atoms with van der Waals surface area (Å²) in [4.78, 5) is 2.63. The van der Waals surface area contributed by atoms with Crippen LogP contribution in [0.2, 0.25) is 0 Å². The lowest BCUT2D eigenvalue weighted by Crippen LogP contribution is -2.51. The molecule has 1 saturated heterocycles. The van der Waals surface area contributed by atoms with E-state index < -0.39 is 0 Å². The molecule has 5 rings (SSSR count). The number of allylic oxidation sites excluding steroid dienone is 3. The first-order valence-corrected chi connectivity index (χ1v) is 29.2. The molecule has 65 heavy (non-hydrogen) atoms. The van der Waals surface area contributed by atoms with Crippen LogP contribution in [0.4, 0.5) is 0 Å². The summed E-state index contributed by atoms with van der Waals surface area (Å²) in [5.41, 5.74) is 2.73. The van der Waals surface area contributed by atoms with Gasteiger partial charge in [-0.05, 0) is 169 Å². The molecule has 1 unspecified atom stereocenters. The summed E-state index contributed by atoms with van der Waals surface area (Å²) in [6.45, 7) is 23.2. The average Bonchev–Trinajstić information content (AvgIpc) is 3.45. The van der Waals surface area contributed by atoms with E-state index in [1.54, 1.807) is 5.57 Å². The molecule has 0 amide bonds. The summed E-state index contributed by atoms with van der Waals surface area (Å²) in [5, 5.41) is 0. The van der Waals surface area contributed by atoms with E-state index in [2.05, 4.69) is 64.7 Å². The molecule has 4 aliphatic carbocycles.